The fourth-order valence-electron chi connectivity index (χ4n) is 4.31. The molecule has 0 atom stereocenters. The fraction of sp³-hybridized carbons (Fsp3) is 0.280. The second kappa shape index (κ2) is 9.70. The van der Waals surface area contributed by atoms with Gasteiger partial charge in [0.05, 0.1) is 36.1 Å². The van der Waals surface area contributed by atoms with Gasteiger partial charge >= 0.3 is 0 Å². The Balaban J connectivity index is 1.56. The van der Waals surface area contributed by atoms with Crippen molar-refractivity contribution in [2.24, 2.45) is 7.05 Å². The van der Waals surface area contributed by atoms with Crippen LogP contribution in [0.3, 0.4) is 0 Å². The molecule has 3 aromatic heterocycles. The molecule has 186 valence electrons. The Hall–Kier alpha value is -4.38. The molecule has 0 aliphatic carbocycles. The normalized spacial score (nSPS) is 14.1. The van der Waals surface area contributed by atoms with E-state index in [1.165, 1.54) is 6.08 Å². The molecule has 1 aliphatic rings. The molecule has 1 aliphatic heterocycles. The van der Waals surface area contributed by atoms with E-state index in [0.29, 0.717) is 28.7 Å². The van der Waals surface area contributed by atoms with E-state index in [1.54, 1.807) is 18.0 Å². The molecule has 5 rings (SSSR count). The minimum atomic E-state index is -0.288. The maximum atomic E-state index is 12.3. The van der Waals surface area contributed by atoms with Crippen molar-refractivity contribution < 1.29 is 9.53 Å². The number of benzene rings is 1. The number of fused-ring (bicyclic) bond motifs is 1. The second-order valence-corrected chi connectivity index (χ2v) is 8.72. The molecular formula is C25H29N9O2. The minimum absolute atomic E-state index is 0.288. The van der Waals surface area contributed by atoms with Crippen molar-refractivity contribution in [3.8, 4) is 17.0 Å². The molecule has 0 bridgehead atoms. The largest absolute Gasteiger partial charge is 0.494 e. The molecule has 0 spiro atoms. The van der Waals surface area contributed by atoms with Crippen LogP contribution >= 0.6 is 0 Å². The Morgan fingerprint density at radius 3 is 2.67 bits per heavy atom. The molecule has 1 aromatic carbocycles. The summed E-state index contributed by atoms with van der Waals surface area (Å²) in [5.74, 6) is 0.707. The van der Waals surface area contributed by atoms with E-state index in [0.717, 1.165) is 48.5 Å². The van der Waals surface area contributed by atoms with Gasteiger partial charge in [0.2, 0.25) is 11.9 Å². The van der Waals surface area contributed by atoms with Gasteiger partial charge in [0.15, 0.2) is 0 Å². The number of methoxy groups -OCH3 is 1. The third-order valence-electron chi connectivity index (χ3n) is 6.25. The highest BCUT2D eigenvalue weighted by atomic mass is 16.5. The number of nitrogens with one attached hydrogen (secondary N) is 3. The zero-order chi connectivity index (χ0) is 25.2. The highest BCUT2D eigenvalue weighted by Gasteiger charge is 2.21. The standard InChI is InChI=1S/C25H29N9O2/c1-5-22(35)28-18-12-19(21(36-4)13-20(18)34-10-8-32(2)9-11-34)29-25-30-23(16-14-27-33(3)15-16)17-6-7-26-24(17)31-25/h5-7,12-15H,1,8-11H2,2-4H3,(H,28,35)(H2,26,29,30,31). The number of carbonyl (C=O) groups is 1. The molecular weight excluding hydrogens is 458 g/mol. The first-order chi connectivity index (χ1) is 17.4. The number of hydrogen-bond donors (Lipinski definition) is 3. The number of nitrogens with zero attached hydrogens (tertiary/aromatic N) is 6. The highest BCUT2D eigenvalue weighted by molar-refractivity contribution is 6.02. The average Bonchev–Trinajstić information content (AvgIpc) is 3.53. The lowest BCUT2D eigenvalue weighted by molar-refractivity contribution is -0.111. The molecule has 4 aromatic rings. The first-order valence-corrected chi connectivity index (χ1v) is 11.6. The number of carbonyl (C=O) groups excluding carboxylic acids is 1. The van der Waals surface area contributed by atoms with Crippen molar-refractivity contribution in [3.05, 3.63) is 49.4 Å². The molecule has 0 radical (unpaired) electrons. The predicted octanol–water partition coefficient (Wildman–Crippen LogP) is 2.99. The summed E-state index contributed by atoms with van der Waals surface area (Å²) in [7, 11) is 5.59. The lowest BCUT2D eigenvalue weighted by Crippen LogP contribution is -2.44. The topological polar surface area (TPSA) is 116 Å². The van der Waals surface area contributed by atoms with Crippen molar-refractivity contribution in [1.29, 1.82) is 0 Å². The zero-order valence-electron chi connectivity index (χ0n) is 20.6. The molecule has 36 heavy (non-hydrogen) atoms. The maximum absolute atomic E-state index is 12.3. The van der Waals surface area contributed by atoms with Crippen LogP contribution in [-0.4, -0.2) is 75.9 Å². The van der Waals surface area contributed by atoms with Gasteiger partial charge in [-0.25, -0.2) is 4.98 Å². The predicted molar refractivity (Wildman–Crippen MR) is 141 cm³/mol. The van der Waals surface area contributed by atoms with Gasteiger partial charge in [0.25, 0.3) is 0 Å². The molecule has 1 amide bonds. The number of H-pyrrole nitrogens is 1. The second-order valence-electron chi connectivity index (χ2n) is 8.72. The summed E-state index contributed by atoms with van der Waals surface area (Å²) in [6.45, 7) is 7.13. The number of amides is 1. The number of likely N-dealkylation sites (N-methyl/N-ethyl adjacent to an activating group) is 1. The minimum Gasteiger partial charge on any atom is -0.494 e. The number of aryl methyl sites for hydroxylation is 1. The van der Waals surface area contributed by atoms with Gasteiger partial charge in [-0.2, -0.15) is 10.1 Å². The van der Waals surface area contributed by atoms with Crippen molar-refractivity contribution in [3.63, 3.8) is 0 Å². The van der Waals surface area contributed by atoms with Gasteiger partial charge in [-0.3, -0.25) is 9.48 Å². The van der Waals surface area contributed by atoms with Crippen molar-refractivity contribution in [2.45, 2.75) is 0 Å². The van der Waals surface area contributed by atoms with Crippen LogP contribution < -0.4 is 20.3 Å². The fourth-order valence-corrected chi connectivity index (χ4v) is 4.31. The van der Waals surface area contributed by atoms with Crippen LogP contribution in [0.1, 0.15) is 0 Å². The third kappa shape index (κ3) is 4.60. The van der Waals surface area contributed by atoms with Crippen LogP contribution in [0, 0.1) is 0 Å². The summed E-state index contributed by atoms with van der Waals surface area (Å²) < 4.78 is 7.47. The van der Waals surface area contributed by atoms with E-state index in [2.05, 4.69) is 49.1 Å². The quantitative estimate of drug-likeness (QED) is 0.341. The van der Waals surface area contributed by atoms with E-state index in [1.807, 2.05) is 37.6 Å². The number of aromatic amines is 1. The third-order valence-corrected chi connectivity index (χ3v) is 6.25. The van der Waals surface area contributed by atoms with Crippen molar-refractivity contribution in [2.75, 3.05) is 55.9 Å². The van der Waals surface area contributed by atoms with E-state index in [-0.39, 0.29) is 5.91 Å². The van der Waals surface area contributed by atoms with Crippen LogP contribution in [0.15, 0.2) is 49.4 Å². The van der Waals surface area contributed by atoms with Gasteiger partial charge in [0, 0.05) is 62.6 Å². The van der Waals surface area contributed by atoms with E-state index < -0.39 is 0 Å². The summed E-state index contributed by atoms with van der Waals surface area (Å²) >= 11 is 0. The molecule has 0 saturated carbocycles. The van der Waals surface area contributed by atoms with Crippen molar-refractivity contribution >= 4 is 40.0 Å². The Kier molecular flexibility index (Phi) is 6.30. The number of ether oxygens (including phenoxy) is 1. The Bertz CT molecular complexity index is 1420. The summed E-state index contributed by atoms with van der Waals surface area (Å²) in [6, 6.07) is 5.72. The van der Waals surface area contributed by atoms with E-state index in [4.69, 9.17) is 9.72 Å². The number of anilines is 4. The van der Waals surface area contributed by atoms with Gasteiger partial charge in [-0.15, -0.1) is 0 Å². The highest BCUT2D eigenvalue weighted by Crippen LogP contribution is 2.39. The van der Waals surface area contributed by atoms with Crippen LogP contribution in [0.4, 0.5) is 23.0 Å². The molecule has 11 nitrogen and oxygen atoms in total. The van der Waals surface area contributed by atoms with Gasteiger partial charge < -0.3 is 30.2 Å². The lowest BCUT2D eigenvalue weighted by Gasteiger charge is -2.35. The monoisotopic (exact) mass is 487 g/mol. The molecule has 1 saturated heterocycles. The first-order valence-electron chi connectivity index (χ1n) is 11.6. The zero-order valence-corrected chi connectivity index (χ0v) is 20.6. The molecule has 0 unspecified atom stereocenters. The average molecular weight is 488 g/mol. The number of rotatable bonds is 7. The molecule has 11 heteroatoms. The smallest absolute Gasteiger partial charge is 0.247 e. The number of aromatic nitrogens is 5. The molecule has 3 N–H and O–H groups in total. The van der Waals surface area contributed by atoms with Gasteiger partial charge in [-0.05, 0) is 25.3 Å². The van der Waals surface area contributed by atoms with Crippen molar-refractivity contribution in [1.82, 2.24) is 29.6 Å². The summed E-state index contributed by atoms with van der Waals surface area (Å²) in [6.07, 6.45) is 6.77. The maximum Gasteiger partial charge on any atom is 0.247 e. The SMILES string of the molecule is C=CC(=O)Nc1cc(Nc2nc(-c3cnn(C)c3)c3cc[nH]c3n2)c(OC)cc1N1CCN(C)CC1. The Labute approximate surface area is 208 Å². The Morgan fingerprint density at radius 1 is 1.17 bits per heavy atom. The summed E-state index contributed by atoms with van der Waals surface area (Å²) in [5, 5.41) is 11.4. The molecule has 1 fully saturated rings. The van der Waals surface area contributed by atoms with Crippen LogP contribution in [0.2, 0.25) is 0 Å². The lowest BCUT2D eigenvalue weighted by atomic mass is 10.1. The summed E-state index contributed by atoms with van der Waals surface area (Å²) in [4.78, 5) is 29.4. The molecule has 4 heterocycles. The van der Waals surface area contributed by atoms with Crippen LogP contribution in [-0.2, 0) is 11.8 Å². The van der Waals surface area contributed by atoms with E-state index >= 15 is 0 Å². The van der Waals surface area contributed by atoms with Gasteiger partial charge in [-0.1, -0.05) is 6.58 Å². The van der Waals surface area contributed by atoms with Crippen LogP contribution in [0.25, 0.3) is 22.3 Å². The summed E-state index contributed by atoms with van der Waals surface area (Å²) in [5.41, 5.74) is 4.49. The van der Waals surface area contributed by atoms with E-state index in [9.17, 15) is 4.79 Å². The number of piperazine rings is 1. The van der Waals surface area contributed by atoms with Gasteiger partial charge in [0.1, 0.15) is 11.4 Å². The first kappa shape index (κ1) is 23.4. The number of hydrogen-bond acceptors (Lipinski definition) is 8. The van der Waals surface area contributed by atoms with Crippen LogP contribution in [0.5, 0.6) is 5.75 Å². The Morgan fingerprint density at radius 2 is 1.97 bits per heavy atom.